The average Bonchev–Trinajstić information content (AvgIpc) is 2.63. The Morgan fingerprint density at radius 2 is 2.07 bits per heavy atom. The van der Waals surface area contributed by atoms with Gasteiger partial charge in [-0.15, -0.1) is 0 Å². The maximum absolute atomic E-state index is 9.42. The van der Waals surface area contributed by atoms with Crippen molar-refractivity contribution in [2.45, 2.75) is 58.2 Å². The lowest BCUT2D eigenvalue weighted by atomic mass is 10.0. The Hall–Kier alpha value is -0.340. The van der Waals surface area contributed by atoms with Gasteiger partial charge in [-0.25, -0.2) is 0 Å². The molecule has 1 rings (SSSR count). The van der Waals surface area contributed by atoms with E-state index in [4.69, 9.17) is 4.74 Å². The minimum Gasteiger partial charge on any atom is -0.368 e. The number of allylic oxidation sites excluding steroid dienone is 2. The molecule has 1 aliphatic heterocycles. The van der Waals surface area contributed by atoms with E-state index in [1.54, 1.807) is 0 Å². The van der Waals surface area contributed by atoms with Crippen LogP contribution in [0.5, 0.6) is 0 Å². The molecule has 2 unspecified atom stereocenters. The van der Waals surface area contributed by atoms with Crippen LogP contribution in [0.15, 0.2) is 12.2 Å². The molecule has 2 nitrogen and oxygen atoms in total. The molecule has 0 amide bonds. The highest BCUT2D eigenvalue weighted by Gasteiger charge is 2.24. The minimum atomic E-state index is -0.501. The lowest BCUT2D eigenvalue weighted by Gasteiger charge is -2.10. The van der Waals surface area contributed by atoms with E-state index in [1.807, 2.05) is 0 Å². The second kappa shape index (κ2) is 7.89. The summed E-state index contributed by atoms with van der Waals surface area (Å²) in [5.74, 6) is 0.366. The monoisotopic (exact) mass is 212 g/mol. The predicted octanol–water partition coefficient (Wildman–Crippen LogP) is 3.26. The summed E-state index contributed by atoms with van der Waals surface area (Å²) < 4.78 is 5.11. The highest BCUT2D eigenvalue weighted by atomic mass is 16.6. The molecule has 1 heterocycles. The van der Waals surface area contributed by atoms with E-state index in [2.05, 4.69) is 19.1 Å². The quantitative estimate of drug-likeness (QED) is 0.518. The largest absolute Gasteiger partial charge is 0.368 e. The highest BCUT2D eigenvalue weighted by molar-refractivity contribution is 4.83. The van der Waals surface area contributed by atoms with Crippen LogP contribution < -0.4 is 0 Å². The van der Waals surface area contributed by atoms with Gasteiger partial charge in [0.05, 0.1) is 6.61 Å². The summed E-state index contributed by atoms with van der Waals surface area (Å²) in [6.45, 7) is 2.96. The smallest absolute Gasteiger partial charge is 0.157 e. The molecule has 1 saturated heterocycles. The van der Waals surface area contributed by atoms with Crippen molar-refractivity contribution < 1.29 is 9.84 Å². The maximum atomic E-state index is 9.42. The summed E-state index contributed by atoms with van der Waals surface area (Å²) in [5.41, 5.74) is 0. The van der Waals surface area contributed by atoms with Crippen molar-refractivity contribution in [3.63, 3.8) is 0 Å². The first-order chi connectivity index (χ1) is 7.34. The zero-order valence-corrected chi connectivity index (χ0v) is 9.82. The lowest BCUT2D eigenvalue weighted by molar-refractivity contribution is -0.0831. The number of hydrogen-bond acceptors (Lipinski definition) is 2. The van der Waals surface area contributed by atoms with E-state index in [-0.39, 0.29) is 0 Å². The number of hydrogen-bond donors (Lipinski definition) is 1. The summed E-state index contributed by atoms with van der Waals surface area (Å²) in [7, 11) is 0. The summed E-state index contributed by atoms with van der Waals surface area (Å²) in [6.07, 6.45) is 12.3. The van der Waals surface area contributed by atoms with E-state index >= 15 is 0 Å². The fourth-order valence-electron chi connectivity index (χ4n) is 1.96. The molecule has 0 bridgehead atoms. The lowest BCUT2D eigenvalue weighted by Crippen LogP contribution is -2.14. The van der Waals surface area contributed by atoms with Crippen molar-refractivity contribution >= 4 is 0 Å². The van der Waals surface area contributed by atoms with Gasteiger partial charge in [-0.05, 0) is 32.1 Å². The van der Waals surface area contributed by atoms with Gasteiger partial charge in [0.15, 0.2) is 6.29 Å². The Balaban J connectivity index is 1.95. The van der Waals surface area contributed by atoms with E-state index in [9.17, 15) is 5.11 Å². The first-order valence-corrected chi connectivity index (χ1v) is 6.29. The van der Waals surface area contributed by atoms with Crippen LogP contribution >= 0.6 is 0 Å². The number of ether oxygens (including phenoxy) is 1. The molecular weight excluding hydrogens is 188 g/mol. The summed E-state index contributed by atoms with van der Waals surface area (Å²) in [6, 6.07) is 0. The van der Waals surface area contributed by atoms with Crippen LogP contribution in [-0.2, 0) is 4.74 Å². The summed E-state index contributed by atoms with van der Waals surface area (Å²) >= 11 is 0. The Labute approximate surface area is 93.3 Å². The van der Waals surface area contributed by atoms with Gasteiger partial charge >= 0.3 is 0 Å². The third-order valence-corrected chi connectivity index (χ3v) is 3.03. The van der Waals surface area contributed by atoms with Crippen LogP contribution in [0.2, 0.25) is 0 Å². The second-order valence-corrected chi connectivity index (χ2v) is 4.35. The van der Waals surface area contributed by atoms with Gasteiger partial charge in [-0.3, -0.25) is 0 Å². The van der Waals surface area contributed by atoms with Crippen LogP contribution in [0.3, 0.4) is 0 Å². The van der Waals surface area contributed by atoms with Gasteiger partial charge in [0.1, 0.15) is 0 Å². The second-order valence-electron chi connectivity index (χ2n) is 4.35. The first kappa shape index (κ1) is 12.7. The summed E-state index contributed by atoms with van der Waals surface area (Å²) in [4.78, 5) is 0. The van der Waals surface area contributed by atoms with Gasteiger partial charge in [0.25, 0.3) is 0 Å². The Morgan fingerprint density at radius 1 is 1.27 bits per heavy atom. The van der Waals surface area contributed by atoms with E-state index in [0.717, 1.165) is 25.9 Å². The van der Waals surface area contributed by atoms with E-state index in [0.29, 0.717) is 5.92 Å². The highest BCUT2D eigenvalue weighted by Crippen LogP contribution is 2.23. The molecule has 2 atom stereocenters. The molecule has 1 fully saturated rings. The molecule has 88 valence electrons. The molecule has 0 radical (unpaired) electrons. The molecule has 0 aromatic carbocycles. The topological polar surface area (TPSA) is 29.5 Å². The van der Waals surface area contributed by atoms with Crippen molar-refractivity contribution in [1.82, 2.24) is 0 Å². The van der Waals surface area contributed by atoms with Crippen molar-refractivity contribution in [2.75, 3.05) is 6.61 Å². The van der Waals surface area contributed by atoms with Crippen molar-refractivity contribution in [1.29, 1.82) is 0 Å². The van der Waals surface area contributed by atoms with Crippen LogP contribution in [0.1, 0.15) is 51.9 Å². The molecule has 0 aromatic rings. The molecule has 1 aliphatic rings. The maximum Gasteiger partial charge on any atom is 0.157 e. The van der Waals surface area contributed by atoms with E-state index < -0.39 is 6.29 Å². The molecule has 0 aliphatic carbocycles. The fraction of sp³-hybridized carbons (Fsp3) is 0.846. The van der Waals surface area contributed by atoms with Crippen LogP contribution in [-0.4, -0.2) is 18.0 Å². The molecule has 15 heavy (non-hydrogen) atoms. The minimum absolute atomic E-state index is 0.366. The molecule has 0 aromatic heterocycles. The van der Waals surface area contributed by atoms with Crippen LogP contribution in [0.25, 0.3) is 0 Å². The van der Waals surface area contributed by atoms with E-state index in [1.165, 1.54) is 25.7 Å². The Kier molecular flexibility index (Phi) is 6.69. The SMILES string of the molecule is CCCCC/C=C/CCC1CCOC1O. The number of aliphatic hydroxyl groups is 1. The van der Waals surface area contributed by atoms with Gasteiger partial charge < -0.3 is 9.84 Å². The van der Waals surface area contributed by atoms with Gasteiger partial charge in [-0.2, -0.15) is 0 Å². The molecule has 0 spiro atoms. The zero-order chi connectivity index (χ0) is 10.9. The third kappa shape index (κ3) is 5.33. The fourth-order valence-corrected chi connectivity index (χ4v) is 1.96. The normalized spacial score (nSPS) is 26.5. The number of aliphatic hydroxyl groups excluding tert-OH is 1. The number of rotatable bonds is 7. The Bertz CT molecular complexity index is 177. The van der Waals surface area contributed by atoms with Crippen LogP contribution in [0, 0.1) is 5.92 Å². The van der Waals surface area contributed by atoms with Crippen molar-refractivity contribution in [3.8, 4) is 0 Å². The Morgan fingerprint density at radius 3 is 2.73 bits per heavy atom. The standard InChI is InChI=1S/C13H24O2/c1-2-3-4-5-6-7-8-9-12-10-11-15-13(12)14/h6-7,12-14H,2-5,8-11H2,1H3/b7-6+. The van der Waals surface area contributed by atoms with Gasteiger partial charge in [0.2, 0.25) is 0 Å². The van der Waals surface area contributed by atoms with Crippen molar-refractivity contribution in [3.05, 3.63) is 12.2 Å². The summed E-state index contributed by atoms with van der Waals surface area (Å²) in [5, 5.41) is 9.42. The van der Waals surface area contributed by atoms with Crippen molar-refractivity contribution in [2.24, 2.45) is 5.92 Å². The predicted molar refractivity (Wildman–Crippen MR) is 62.6 cm³/mol. The zero-order valence-electron chi connectivity index (χ0n) is 9.82. The van der Waals surface area contributed by atoms with Crippen LogP contribution in [0.4, 0.5) is 0 Å². The third-order valence-electron chi connectivity index (χ3n) is 3.03. The molecular formula is C13H24O2. The van der Waals surface area contributed by atoms with Gasteiger partial charge in [0, 0.05) is 5.92 Å². The molecule has 1 N–H and O–H groups in total. The molecule has 0 saturated carbocycles. The van der Waals surface area contributed by atoms with Gasteiger partial charge in [-0.1, -0.05) is 31.9 Å². The molecule has 2 heteroatoms. The first-order valence-electron chi connectivity index (χ1n) is 6.29. The number of unbranched alkanes of at least 4 members (excludes halogenated alkanes) is 3. The average molecular weight is 212 g/mol.